The highest BCUT2D eigenvalue weighted by Gasteiger charge is 2.12. The second-order valence-electron chi connectivity index (χ2n) is 4.77. The van der Waals surface area contributed by atoms with Crippen molar-refractivity contribution in [3.63, 3.8) is 0 Å². The normalized spacial score (nSPS) is 12.1. The Balaban J connectivity index is 1.74. The number of thiophene rings is 1. The van der Waals surface area contributed by atoms with Crippen LogP contribution in [-0.2, 0) is 11.2 Å². The van der Waals surface area contributed by atoms with Crippen molar-refractivity contribution in [1.29, 1.82) is 0 Å². The zero-order valence-corrected chi connectivity index (χ0v) is 12.3. The van der Waals surface area contributed by atoms with E-state index in [2.05, 4.69) is 5.32 Å². The molecule has 0 saturated carbocycles. The fourth-order valence-electron chi connectivity index (χ4n) is 2.02. The van der Waals surface area contributed by atoms with Gasteiger partial charge in [0.2, 0.25) is 5.91 Å². The summed E-state index contributed by atoms with van der Waals surface area (Å²) in [5, 5.41) is 14.8. The van der Waals surface area contributed by atoms with E-state index >= 15 is 0 Å². The molecule has 1 heterocycles. The molecule has 0 aliphatic carbocycles. The van der Waals surface area contributed by atoms with E-state index in [0.717, 1.165) is 22.4 Å². The van der Waals surface area contributed by atoms with Crippen molar-refractivity contribution in [2.75, 3.05) is 6.54 Å². The number of aryl methyl sites for hydroxylation is 2. The third-order valence-corrected chi connectivity index (χ3v) is 4.30. The smallest absolute Gasteiger partial charge is 0.220 e. The van der Waals surface area contributed by atoms with Gasteiger partial charge in [0.25, 0.3) is 0 Å². The molecule has 2 aromatic rings. The van der Waals surface area contributed by atoms with Crippen LogP contribution in [-0.4, -0.2) is 17.6 Å². The standard InChI is InChI=1S/C16H19NO2S/c1-12-9-10-20-16(12)14(18)11-17-15(19)8-7-13-5-3-2-4-6-13/h2-6,9-10,14,18H,7-8,11H2,1H3,(H,17,19). The first-order valence-electron chi connectivity index (χ1n) is 6.69. The van der Waals surface area contributed by atoms with Gasteiger partial charge in [0.1, 0.15) is 6.10 Å². The highest BCUT2D eigenvalue weighted by atomic mass is 32.1. The average molecular weight is 289 g/mol. The number of hydrogen-bond acceptors (Lipinski definition) is 3. The van der Waals surface area contributed by atoms with E-state index < -0.39 is 6.10 Å². The van der Waals surface area contributed by atoms with Gasteiger partial charge in [-0.3, -0.25) is 4.79 Å². The van der Waals surface area contributed by atoms with Crippen LogP contribution in [0.2, 0.25) is 0 Å². The summed E-state index contributed by atoms with van der Waals surface area (Å²) in [5.74, 6) is -0.0258. The van der Waals surface area contributed by atoms with Crippen molar-refractivity contribution < 1.29 is 9.90 Å². The lowest BCUT2D eigenvalue weighted by Gasteiger charge is -2.11. The van der Waals surface area contributed by atoms with Gasteiger partial charge in [-0.15, -0.1) is 11.3 Å². The zero-order valence-electron chi connectivity index (χ0n) is 11.5. The van der Waals surface area contributed by atoms with Crippen molar-refractivity contribution in [2.24, 2.45) is 0 Å². The summed E-state index contributed by atoms with van der Waals surface area (Å²) in [7, 11) is 0. The van der Waals surface area contributed by atoms with Gasteiger partial charge in [-0.25, -0.2) is 0 Å². The van der Waals surface area contributed by atoms with Crippen LogP contribution in [0.5, 0.6) is 0 Å². The molecule has 4 heteroatoms. The molecule has 0 fully saturated rings. The van der Waals surface area contributed by atoms with Crippen molar-refractivity contribution in [1.82, 2.24) is 5.32 Å². The first kappa shape index (κ1) is 14.8. The Bertz CT molecular complexity index is 551. The summed E-state index contributed by atoms with van der Waals surface area (Å²) in [6.45, 7) is 2.24. The minimum atomic E-state index is -0.615. The number of amides is 1. The number of hydrogen-bond donors (Lipinski definition) is 2. The van der Waals surface area contributed by atoms with Crippen LogP contribution in [0.4, 0.5) is 0 Å². The highest BCUT2D eigenvalue weighted by Crippen LogP contribution is 2.23. The average Bonchev–Trinajstić information content (AvgIpc) is 2.90. The van der Waals surface area contributed by atoms with Gasteiger partial charge < -0.3 is 10.4 Å². The molecular formula is C16H19NO2S. The Morgan fingerprint density at radius 2 is 2.05 bits per heavy atom. The molecule has 20 heavy (non-hydrogen) atoms. The first-order chi connectivity index (χ1) is 9.66. The van der Waals surface area contributed by atoms with E-state index in [1.807, 2.05) is 48.7 Å². The molecule has 0 bridgehead atoms. The Kier molecular flexibility index (Phi) is 5.32. The third kappa shape index (κ3) is 4.18. The molecule has 1 aromatic heterocycles. The van der Waals surface area contributed by atoms with Crippen LogP contribution in [0.15, 0.2) is 41.8 Å². The van der Waals surface area contributed by atoms with Crippen molar-refractivity contribution in [3.05, 3.63) is 57.8 Å². The summed E-state index contributed by atoms with van der Waals surface area (Å²) >= 11 is 1.52. The quantitative estimate of drug-likeness (QED) is 0.859. The van der Waals surface area contributed by atoms with Gasteiger partial charge in [0, 0.05) is 17.8 Å². The molecule has 1 atom stereocenters. The van der Waals surface area contributed by atoms with E-state index in [1.165, 1.54) is 11.3 Å². The van der Waals surface area contributed by atoms with Gasteiger partial charge in [-0.1, -0.05) is 30.3 Å². The van der Waals surface area contributed by atoms with Gasteiger partial charge in [-0.05, 0) is 35.9 Å². The maximum atomic E-state index is 11.8. The molecule has 2 rings (SSSR count). The van der Waals surface area contributed by atoms with Crippen molar-refractivity contribution in [2.45, 2.75) is 25.9 Å². The predicted octanol–water partition coefficient (Wildman–Crippen LogP) is 2.84. The summed E-state index contributed by atoms with van der Waals surface area (Å²) in [4.78, 5) is 12.7. The fourth-order valence-corrected chi connectivity index (χ4v) is 2.93. The molecule has 106 valence electrons. The molecule has 1 amide bonds. The lowest BCUT2D eigenvalue weighted by molar-refractivity contribution is -0.121. The number of carbonyl (C=O) groups excluding carboxylic acids is 1. The number of aliphatic hydroxyl groups excluding tert-OH is 1. The Morgan fingerprint density at radius 3 is 2.70 bits per heavy atom. The maximum Gasteiger partial charge on any atom is 0.220 e. The molecule has 1 aromatic carbocycles. The Hall–Kier alpha value is -1.65. The molecular weight excluding hydrogens is 270 g/mol. The molecule has 0 spiro atoms. The van der Waals surface area contributed by atoms with Crippen molar-refractivity contribution >= 4 is 17.2 Å². The van der Waals surface area contributed by atoms with Crippen LogP contribution in [0.25, 0.3) is 0 Å². The minimum Gasteiger partial charge on any atom is -0.386 e. The zero-order chi connectivity index (χ0) is 14.4. The summed E-state index contributed by atoms with van der Waals surface area (Å²) in [5.41, 5.74) is 2.22. The second kappa shape index (κ2) is 7.22. The monoisotopic (exact) mass is 289 g/mol. The van der Waals surface area contributed by atoms with E-state index in [0.29, 0.717) is 6.42 Å². The van der Waals surface area contributed by atoms with E-state index in [4.69, 9.17) is 0 Å². The summed E-state index contributed by atoms with van der Waals surface area (Å²) < 4.78 is 0. The van der Waals surface area contributed by atoms with E-state index in [-0.39, 0.29) is 12.5 Å². The molecule has 0 aliphatic heterocycles. The molecule has 0 aliphatic rings. The summed E-state index contributed by atoms with van der Waals surface area (Å²) in [6, 6.07) is 11.9. The SMILES string of the molecule is Cc1ccsc1C(O)CNC(=O)CCc1ccccc1. The van der Waals surface area contributed by atoms with Crippen LogP contribution < -0.4 is 5.32 Å². The fraction of sp³-hybridized carbons (Fsp3) is 0.312. The number of nitrogens with one attached hydrogen (secondary N) is 1. The third-order valence-electron chi connectivity index (χ3n) is 3.18. The first-order valence-corrected chi connectivity index (χ1v) is 7.57. The topological polar surface area (TPSA) is 49.3 Å². The Morgan fingerprint density at radius 1 is 1.30 bits per heavy atom. The van der Waals surface area contributed by atoms with Crippen LogP contribution in [0.3, 0.4) is 0 Å². The number of benzene rings is 1. The molecule has 0 saturated heterocycles. The summed E-state index contributed by atoms with van der Waals surface area (Å²) in [6.07, 6.45) is 0.552. The minimum absolute atomic E-state index is 0.0258. The Labute approximate surface area is 123 Å². The van der Waals surface area contributed by atoms with Crippen molar-refractivity contribution in [3.8, 4) is 0 Å². The van der Waals surface area contributed by atoms with Crippen LogP contribution in [0.1, 0.15) is 28.5 Å². The van der Waals surface area contributed by atoms with Gasteiger partial charge >= 0.3 is 0 Å². The second-order valence-corrected chi connectivity index (χ2v) is 5.72. The molecule has 2 N–H and O–H groups in total. The molecule has 3 nitrogen and oxygen atoms in total. The van der Waals surface area contributed by atoms with Gasteiger partial charge in [0.05, 0.1) is 0 Å². The van der Waals surface area contributed by atoms with E-state index in [1.54, 1.807) is 0 Å². The number of carbonyl (C=O) groups is 1. The number of aliphatic hydroxyl groups is 1. The largest absolute Gasteiger partial charge is 0.386 e. The lowest BCUT2D eigenvalue weighted by Crippen LogP contribution is -2.28. The molecule has 1 unspecified atom stereocenters. The van der Waals surface area contributed by atoms with Gasteiger partial charge in [-0.2, -0.15) is 0 Å². The molecule has 0 radical (unpaired) electrons. The van der Waals surface area contributed by atoms with Crippen LogP contribution >= 0.6 is 11.3 Å². The lowest BCUT2D eigenvalue weighted by atomic mass is 10.1. The number of rotatable bonds is 6. The maximum absolute atomic E-state index is 11.8. The highest BCUT2D eigenvalue weighted by molar-refractivity contribution is 7.10. The van der Waals surface area contributed by atoms with E-state index in [9.17, 15) is 9.90 Å². The van der Waals surface area contributed by atoms with Crippen LogP contribution in [0, 0.1) is 6.92 Å². The predicted molar refractivity (Wildman–Crippen MR) is 81.8 cm³/mol. The van der Waals surface area contributed by atoms with Gasteiger partial charge in [0.15, 0.2) is 0 Å².